The van der Waals surface area contributed by atoms with Crippen molar-refractivity contribution in [3.05, 3.63) is 84.7 Å². The second kappa shape index (κ2) is 12.4. The van der Waals surface area contributed by atoms with Gasteiger partial charge in [-0.1, -0.05) is 73.7 Å². The van der Waals surface area contributed by atoms with E-state index in [9.17, 15) is 19.6 Å². The van der Waals surface area contributed by atoms with Gasteiger partial charge in [0.2, 0.25) is 11.8 Å². The third-order valence-corrected chi connectivity index (χ3v) is 10.3. The molecule has 5 aromatic rings. The molecule has 1 aliphatic heterocycles. The minimum absolute atomic E-state index is 0.100. The quantitative estimate of drug-likeness (QED) is 0.109. The van der Waals surface area contributed by atoms with E-state index in [0.717, 1.165) is 5.39 Å². The van der Waals surface area contributed by atoms with Crippen LogP contribution in [0.5, 0.6) is 11.6 Å². The van der Waals surface area contributed by atoms with Crippen LogP contribution in [0.15, 0.2) is 79.1 Å². The molecule has 0 spiro atoms. The van der Waals surface area contributed by atoms with Crippen molar-refractivity contribution in [2.24, 2.45) is 0 Å². The Kier molecular flexibility index (Phi) is 8.30. The fraction of sp³-hybridized carbons (Fsp3) is 0.333. The first-order valence-corrected chi connectivity index (χ1v) is 17.1. The monoisotopic (exact) mass is 690 g/mol. The summed E-state index contributed by atoms with van der Waals surface area (Å²) >= 11 is 0. The Bertz CT molecular complexity index is 2070. The summed E-state index contributed by atoms with van der Waals surface area (Å²) in [7, 11) is -3.21. The van der Waals surface area contributed by atoms with E-state index in [1.165, 1.54) is 24.9 Å². The number of esters is 1. The zero-order valence-electron chi connectivity index (χ0n) is 26.8. The Morgan fingerprint density at radius 2 is 1.84 bits per heavy atom. The molecule has 0 bridgehead atoms. The van der Waals surface area contributed by atoms with Crippen LogP contribution in [-0.2, 0) is 23.4 Å². The summed E-state index contributed by atoms with van der Waals surface area (Å²) in [5.41, 5.74) is 2.64. The molecule has 49 heavy (non-hydrogen) atoms. The number of imidazole rings is 1. The summed E-state index contributed by atoms with van der Waals surface area (Å²) in [6.07, 6.45) is -1.85. The smallest absolute Gasteiger partial charge is 0.460 e. The van der Waals surface area contributed by atoms with Crippen LogP contribution in [0.2, 0.25) is 0 Å². The lowest BCUT2D eigenvalue weighted by molar-refractivity contribution is -0.155. The fourth-order valence-corrected chi connectivity index (χ4v) is 7.93. The lowest BCUT2D eigenvalue weighted by Gasteiger charge is -2.34. The van der Waals surface area contributed by atoms with E-state index in [4.69, 9.17) is 29.0 Å². The van der Waals surface area contributed by atoms with Gasteiger partial charge in [-0.25, -0.2) is 14.3 Å². The van der Waals surface area contributed by atoms with Gasteiger partial charge in [0.1, 0.15) is 29.6 Å². The Balaban J connectivity index is 1.23. The molecule has 1 saturated carbocycles. The number of aliphatic hydroxyl groups is 2. The molecule has 7 atom stereocenters. The number of rotatable bonds is 12. The first-order valence-electron chi connectivity index (χ1n) is 15.6. The maximum absolute atomic E-state index is 14.9. The molecule has 7 rings (SSSR count). The van der Waals surface area contributed by atoms with Crippen molar-refractivity contribution >= 4 is 41.6 Å². The van der Waals surface area contributed by atoms with E-state index in [-0.39, 0.29) is 35.3 Å². The number of anilines is 1. The lowest BCUT2D eigenvalue weighted by Crippen LogP contribution is -2.49. The number of hydrogen-bond acceptors (Lipinski definition) is 13. The minimum atomic E-state index is -4.61. The first-order chi connectivity index (χ1) is 23.5. The van der Waals surface area contributed by atoms with Crippen molar-refractivity contribution in [2.45, 2.75) is 55.9 Å². The molecule has 0 radical (unpaired) electrons. The Morgan fingerprint density at radius 3 is 2.55 bits per heavy atom. The highest BCUT2D eigenvalue weighted by Crippen LogP contribution is 2.65. The SMILES string of the molecule is CCCOC(=O)C(NP(=O)(Oc1cccc2ccccc12)OC1C2OC(n3cnc4c(OC)nc(N)nc43)C(C)(O)C21O)c1ccccc1. The van der Waals surface area contributed by atoms with E-state index in [0.29, 0.717) is 17.4 Å². The number of ether oxygens (including phenoxy) is 3. The van der Waals surface area contributed by atoms with E-state index in [1.54, 1.807) is 54.6 Å². The maximum atomic E-state index is 14.9. The highest BCUT2D eigenvalue weighted by atomic mass is 31.2. The number of fused-ring (bicyclic) bond motifs is 3. The summed E-state index contributed by atoms with van der Waals surface area (Å²) in [5.74, 6) is -0.494. The highest BCUT2D eigenvalue weighted by molar-refractivity contribution is 7.52. The molecule has 2 aromatic heterocycles. The van der Waals surface area contributed by atoms with Gasteiger partial charge in [-0.3, -0.25) is 9.09 Å². The molecule has 0 amide bonds. The average Bonchev–Trinajstić information content (AvgIpc) is 3.33. The third-order valence-electron chi connectivity index (χ3n) is 8.78. The number of aromatic nitrogens is 4. The van der Waals surface area contributed by atoms with Crippen molar-refractivity contribution in [1.29, 1.82) is 0 Å². The van der Waals surface area contributed by atoms with Gasteiger partial charge in [0.05, 0.1) is 20.0 Å². The number of nitrogens with one attached hydrogen (secondary N) is 1. The van der Waals surface area contributed by atoms with Crippen LogP contribution in [0.4, 0.5) is 5.95 Å². The van der Waals surface area contributed by atoms with Crippen molar-refractivity contribution in [2.75, 3.05) is 19.5 Å². The summed E-state index contributed by atoms with van der Waals surface area (Å²) < 4.78 is 45.5. The van der Waals surface area contributed by atoms with E-state index in [2.05, 4.69) is 20.0 Å². The van der Waals surface area contributed by atoms with Crippen LogP contribution in [0, 0.1) is 0 Å². The van der Waals surface area contributed by atoms with E-state index < -0.39 is 49.4 Å². The van der Waals surface area contributed by atoms with Crippen LogP contribution in [-0.4, -0.2) is 72.8 Å². The number of benzene rings is 3. The van der Waals surface area contributed by atoms with Crippen molar-refractivity contribution in [3.8, 4) is 11.6 Å². The Hall–Kier alpha value is -4.63. The van der Waals surface area contributed by atoms with Crippen molar-refractivity contribution in [3.63, 3.8) is 0 Å². The maximum Gasteiger partial charge on any atom is 0.460 e. The molecule has 16 heteroatoms. The van der Waals surface area contributed by atoms with Gasteiger partial charge < -0.3 is 34.7 Å². The van der Waals surface area contributed by atoms with Crippen molar-refractivity contribution < 1.29 is 42.8 Å². The van der Waals surface area contributed by atoms with Gasteiger partial charge in [0, 0.05) is 5.39 Å². The standard InChI is InChI=1S/C33H35N6O9P/c1-4-17-45-29(40)23(20-12-6-5-7-13-20)38-49(43,47-22-16-10-14-19-11-8-9-15-21(19)22)48-26-25-33(26,42)32(2,41)30(46-25)39-18-35-24-27(39)36-31(34)37-28(24)44-3/h5-16,18,23,25-26,30,41-42H,4,17H2,1-3H3,(H,38,43)(H2,34,36,37). The number of nitrogen functional groups attached to an aromatic ring is 1. The largest absolute Gasteiger partial charge is 0.479 e. The molecular weight excluding hydrogens is 655 g/mol. The minimum Gasteiger partial charge on any atom is -0.479 e. The average molecular weight is 691 g/mol. The molecule has 7 unspecified atom stereocenters. The molecule has 2 fully saturated rings. The number of hydrogen-bond donors (Lipinski definition) is 4. The zero-order chi connectivity index (χ0) is 34.6. The highest BCUT2D eigenvalue weighted by Gasteiger charge is 2.84. The number of carbonyl (C=O) groups is 1. The summed E-state index contributed by atoms with van der Waals surface area (Å²) in [6.45, 7) is 3.34. The molecule has 3 aromatic carbocycles. The Morgan fingerprint density at radius 1 is 1.10 bits per heavy atom. The van der Waals surface area contributed by atoms with E-state index >= 15 is 0 Å². The van der Waals surface area contributed by atoms with Gasteiger partial charge in [0.15, 0.2) is 23.0 Å². The van der Waals surface area contributed by atoms with Crippen LogP contribution in [0.3, 0.4) is 0 Å². The zero-order valence-corrected chi connectivity index (χ0v) is 27.7. The summed E-state index contributed by atoms with van der Waals surface area (Å²) in [6, 6.07) is 19.8. The topological polar surface area (TPSA) is 202 Å². The first kappa shape index (κ1) is 32.9. The third kappa shape index (κ3) is 5.58. The van der Waals surface area contributed by atoms with Crippen LogP contribution in [0.1, 0.15) is 38.1 Å². The molecule has 2 aliphatic rings. The predicted octanol–water partition coefficient (Wildman–Crippen LogP) is 3.82. The molecule has 1 aliphatic carbocycles. The van der Waals surface area contributed by atoms with Gasteiger partial charge in [-0.2, -0.15) is 15.1 Å². The summed E-state index contributed by atoms with van der Waals surface area (Å²) in [4.78, 5) is 25.9. The second-order valence-electron chi connectivity index (χ2n) is 12.0. The van der Waals surface area contributed by atoms with Crippen LogP contribution in [0.25, 0.3) is 21.9 Å². The van der Waals surface area contributed by atoms with E-state index in [1.807, 2.05) is 25.1 Å². The van der Waals surface area contributed by atoms with Gasteiger partial charge in [-0.15, -0.1) is 0 Å². The van der Waals surface area contributed by atoms with Gasteiger partial charge in [-0.05, 0) is 30.4 Å². The Labute approximate surface area is 280 Å². The number of carbonyl (C=O) groups excluding carboxylic acids is 1. The normalized spacial score (nSPS) is 26.2. The number of nitrogens with zero attached hydrogens (tertiary/aromatic N) is 4. The molecule has 1 saturated heterocycles. The van der Waals surface area contributed by atoms with Crippen molar-refractivity contribution in [1.82, 2.24) is 24.6 Å². The fourth-order valence-electron chi connectivity index (χ4n) is 6.21. The summed E-state index contributed by atoms with van der Waals surface area (Å²) in [5, 5.41) is 28.0. The van der Waals surface area contributed by atoms with Crippen LogP contribution >= 0.6 is 7.75 Å². The second-order valence-corrected chi connectivity index (χ2v) is 13.7. The molecule has 5 N–H and O–H groups in total. The lowest BCUT2D eigenvalue weighted by atomic mass is 9.95. The van der Waals surface area contributed by atoms with Gasteiger partial charge >= 0.3 is 13.7 Å². The predicted molar refractivity (Wildman–Crippen MR) is 176 cm³/mol. The molecule has 3 heterocycles. The van der Waals surface area contributed by atoms with Gasteiger partial charge in [0.25, 0.3) is 0 Å². The molecule has 256 valence electrons. The molecular formula is C33H35N6O9P. The molecule has 15 nitrogen and oxygen atoms in total. The number of nitrogens with two attached hydrogens (primary N) is 1. The number of methoxy groups -OCH3 is 1. The van der Waals surface area contributed by atoms with Crippen LogP contribution < -0.4 is 20.1 Å².